The van der Waals surface area contributed by atoms with Gasteiger partial charge in [0, 0.05) is 17.6 Å². The highest BCUT2D eigenvalue weighted by atomic mass is 16.1. The van der Waals surface area contributed by atoms with Crippen LogP contribution in [0.2, 0.25) is 0 Å². The SMILES string of the molecule is C=C(CCCCCC(=C/C)/N=C\C)NC=O. The highest BCUT2D eigenvalue weighted by Crippen LogP contribution is 2.12. The summed E-state index contributed by atoms with van der Waals surface area (Å²) in [7, 11) is 0. The number of hydrogen-bond donors (Lipinski definition) is 1. The summed E-state index contributed by atoms with van der Waals surface area (Å²) in [6, 6.07) is 0. The van der Waals surface area contributed by atoms with E-state index >= 15 is 0 Å². The molecule has 1 N–H and O–H groups in total. The summed E-state index contributed by atoms with van der Waals surface area (Å²) in [6.45, 7) is 7.69. The van der Waals surface area contributed by atoms with Crippen molar-refractivity contribution in [2.45, 2.75) is 46.0 Å². The number of amides is 1. The Kier molecular flexibility index (Phi) is 9.27. The van der Waals surface area contributed by atoms with Gasteiger partial charge in [-0.15, -0.1) is 0 Å². The summed E-state index contributed by atoms with van der Waals surface area (Å²) >= 11 is 0. The lowest BCUT2D eigenvalue weighted by atomic mass is 10.1. The van der Waals surface area contributed by atoms with Crippen molar-refractivity contribution >= 4 is 12.6 Å². The average Bonchev–Trinajstić information content (AvgIpc) is 2.27. The molecule has 0 aliphatic rings. The van der Waals surface area contributed by atoms with Gasteiger partial charge in [0.1, 0.15) is 0 Å². The van der Waals surface area contributed by atoms with Crippen molar-refractivity contribution < 1.29 is 4.79 Å². The summed E-state index contributed by atoms with van der Waals surface area (Å²) in [5.41, 5.74) is 1.94. The topological polar surface area (TPSA) is 41.5 Å². The molecule has 0 saturated carbocycles. The molecule has 0 saturated heterocycles. The number of carbonyl (C=O) groups excluding carboxylic acids is 1. The lowest BCUT2D eigenvalue weighted by Gasteiger charge is -2.04. The molecule has 0 aromatic heterocycles. The van der Waals surface area contributed by atoms with Crippen molar-refractivity contribution in [3.8, 4) is 0 Å². The van der Waals surface area contributed by atoms with E-state index < -0.39 is 0 Å². The summed E-state index contributed by atoms with van der Waals surface area (Å²) < 4.78 is 0. The summed E-state index contributed by atoms with van der Waals surface area (Å²) in [5, 5.41) is 2.57. The smallest absolute Gasteiger partial charge is 0.211 e. The van der Waals surface area contributed by atoms with Crippen LogP contribution in [-0.4, -0.2) is 12.6 Å². The first-order valence-electron chi connectivity index (χ1n) is 5.76. The Morgan fingerprint density at radius 3 is 2.50 bits per heavy atom. The van der Waals surface area contributed by atoms with E-state index in [2.05, 4.69) is 16.9 Å². The Labute approximate surface area is 98.3 Å². The molecule has 0 bridgehead atoms. The van der Waals surface area contributed by atoms with Crippen molar-refractivity contribution in [1.82, 2.24) is 5.32 Å². The van der Waals surface area contributed by atoms with Gasteiger partial charge < -0.3 is 5.32 Å². The minimum atomic E-state index is 0.677. The second kappa shape index (κ2) is 10.1. The zero-order valence-corrected chi connectivity index (χ0v) is 10.3. The second-order valence-corrected chi connectivity index (χ2v) is 3.59. The van der Waals surface area contributed by atoms with Gasteiger partial charge in [0.15, 0.2) is 0 Å². The van der Waals surface area contributed by atoms with Crippen molar-refractivity contribution in [2.24, 2.45) is 4.99 Å². The molecule has 0 fully saturated rings. The maximum atomic E-state index is 10.1. The van der Waals surface area contributed by atoms with Crippen LogP contribution in [0.3, 0.4) is 0 Å². The maximum absolute atomic E-state index is 10.1. The predicted molar refractivity (Wildman–Crippen MR) is 69.3 cm³/mol. The molecular weight excluding hydrogens is 200 g/mol. The molecule has 3 nitrogen and oxygen atoms in total. The standard InChI is InChI=1S/C13H22N2O/c1-4-13(14-5-2)10-8-6-7-9-12(3)15-11-16/h4-5,11H,3,6-10H2,1-2H3,(H,15,16)/b13-4-,14-5-. The molecule has 0 rings (SSSR count). The van der Waals surface area contributed by atoms with E-state index in [9.17, 15) is 4.79 Å². The van der Waals surface area contributed by atoms with Crippen molar-refractivity contribution in [2.75, 3.05) is 0 Å². The first kappa shape index (κ1) is 14.6. The van der Waals surface area contributed by atoms with Gasteiger partial charge in [-0.3, -0.25) is 9.79 Å². The van der Waals surface area contributed by atoms with Gasteiger partial charge in [-0.1, -0.05) is 19.1 Å². The van der Waals surface area contributed by atoms with Crippen molar-refractivity contribution in [1.29, 1.82) is 0 Å². The van der Waals surface area contributed by atoms with Crippen LogP contribution in [0.25, 0.3) is 0 Å². The van der Waals surface area contributed by atoms with E-state index in [1.807, 2.05) is 26.1 Å². The van der Waals surface area contributed by atoms with E-state index in [0.29, 0.717) is 6.41 Å². The molecule has 1 amide bonds. The number of nitrogens with one attached hydrogen (secondary N) is 1. The van der Waals surface area contributed by atoms with E-state index in [-0.39, 0.29) is 0 Å². The third kappa shape index (κ3) is 7.97. The van der Waals surface area contributed by atoms with Crippen molar-refractivity contribution in [3.05, 3.63) is 24.0 Å². The van der Waals surface area contributed by atoms with Crippen LogP contribution < -0.4 is 5.32 Å². The highest BCUT2D eigenvalue weighted by Gasteiger charge is 1.95. The fourth-order valence-electron chi connectivity index (χ4n) is 1.43. The summed E-state index contributed by atoms with van der Waals surface area (Å²) in [6.07, 6.45) is 9.76. The lowest BCUT2D eigenvalue weighted by Crippen LogP contribution is -2.08. The molecule has 0 radical (unpaired) electrons. The zero-order valence-electron chi connectivity index (χ0n) is 10.3. The van der Waals surface area contributed by atoms with Crippen LogP contribution in [0, 0.1) is 0 Å². The largest absolute Gasteiger partial charge is 0.333 e. The van der Waals surface area contributed by atoms with Gasteiger partial charge in [-0.25, -0.2) is 0 Å². The van der Waals surface area contributed by atoms with Crippen LogP contribution in [-0.2, 0) is 4.79 Å². The molecule has 16 heavy (non-hydrogen) atoms. The number of hydrogen-bond acceptors (Lipinski definition) is 2. The number of unbranched alkanes of at least 4 members (excludes halogenated alkanes) is 2. The molecule has 0 aromatic rings. The predicted octanol–water partition coefficient (Wildman–Crippen LogP) is 3.19. The van der Waals surface area contributed by atoms with Crippen molar-refractivity contribution in [3.63, 3.8) is 0 Å². The van der Waals surface area contributed by atoms with Crippen LogP contribution in [0.4, 0.5) is 0 Å². The lowest BCUT2D eigenvalue weighted by molar-refractivity contribution is -0.108. The molecule has 0 unspecified atom stereocenters. The van der Waals surface area contributed by atoms with E-state index in [0.717, 1.165) is 43.5 Å². The van der Waals surface area contributed by atoms with Gasteiger partial charge in [-0.2, -0.15) is 0 Å². The fraction of sp³-hybridized carbons (Fsp3) is 0.538. The number of carbonyl (C=O) groups is 1. The quantitative estimate of drug-likeness (QED) is 0.363. The first-order valence-corrected chi connectivity index (χ1v) is 5.76. The molecule has 3 heteroatoms. The number of allylic oxidation sites excluding steroid dienone is 3. The highest BCUT2D eigenvalue weighted by molar-refractivity contribution is 5.55. The molecule has 0 spiro atoms. The van der Waals surface area contributed by atoms with E-state index in [4.69, 9.17) is 0 Å². The van der Waals surface area contributed by atoms with E-state index in [1.165, 1.54) is 0 Å². The molecule has 0 atom stereocenters. The monoisotopic (exact) mass is 222 g/mol. The summed E-state index contributed by atoms with van der Waals surface area (Å²) in [5.74, 6) is 0. The van der Waals surface area contributed by atoms with Crippen LogP contribution in [0.1, 0.15) is 46.0 Å². The molecule has 0 aliphatic carbocycles. The maximum Gasteiger partial charge on any atom is 0.211 e. The van der Waals surface area contributed by atoms with Crippen LogP contribution in [0.15, 0.2) is 29.0 Å². The second-order valence-electron chi connectivity index (χ2n) is 3.59. The number of rotatable bonds is 9. The third-order valence-corrected chi connectivity index (χ3v) is 2.30. The third-order valence-electron chi connectivity index (χ3n) is 2.30. The molecule has 0 heterocycles. The molecule has 90 valence electrons. The minimum Gasteiger partial charge on any atom is -0.333 e. The Morgan fingerprint density at radius 1 is 1.25 bits per heavy atom. The molecule has 0 aliphatic heterocycles. The van der Waals surface area contributed by atoms with Gasteiger partial charge in [0.05, 0.1) is 0 Å². The zero-order chi connectivity index (χ0) is 12.2. The van der Waals surface area contributed by atoms with Crippen LogP contribution in [0.5, 0.6) is 0 Å². The molecular formula is C13H22N2O. The number of aliphatic imine (C=N–C) groups is 1. The van der Waals surface area contributed by atoms with E-state index in [1.54, 1.807) is 0 Å². The Hall–Kier alpha value is -1.38. The van der Waals surface area contributed by atoms with Gasteiger partial charge >= 0.3 is 0 Å². The normalized spacial score (nSPS) is 11.8. The Balaban J connectivity index is 3.53. The molecule has 0 aromatic carbocycles. The van der Waals surface area contributed by atoms with Crippen LogP contribution >= 0.6 is 0 Å². The van der Waals surface area contributed by atoms with Gasteiger partial charge in [0.2, 0.25) is 6.41 Å². The number of nitrogens with zero attached hydrogens (tertiary/aromatic N) is 1. The Bertz CT molecular complexity index is 267. The summed E-state index contributed by atoms with van der Waals surface area (Å²) in [4.78, 5) is 14.4. The first-order chi connectivity index (χ1) is 7.74. The minimum absolute atomic E-state index is 0.677. The Morgan fingerprint density at radius 2 is 1.94 bits per heavy atom. The van der Waals surface area contributed by atoms with Gasteiger partial charge in [-0.05, 0) is 39.5 Å². The van der Waals surface area contributed by atoms with Gasteiger partial charge in [0.25, 0.3) is 0 Å². The fourth-order valence-corrected chi connectivity index (χ4v) is 1.43. The average molecular weight is 222 g/mol.